The van der Waals surface area contributed by atoms with Crippen molar-refractivity contribution in [3.05, 3.63) is 42.0 Å². The number of benzene rings is 2. The van der Waals surface area contributed by atoms with Crippen LogP contribution in [0.15, 0.2) is 36.4 Å². The second kappa shape index (κ2) is 5.66. The van der Waals surface area contributed by atoms with Gasteiger partial charge in [0.05, 0.1) is 4.75 Å². The first-order valence-electron chi connectivity index (χ1n) is 6.82. The molecule has 2 rings (SSSR count). The van der Waals surface area contributed by atoms with Crippen LogP contribution in [-0.4, -0.2) is 31.1 Å². The summed E-state index contributed by atoms with van der Waals surface area (Å²) < 4.78 is 22.5. The summed E-state index contributed by atoms with van der Waals surface area (Å²) in [7, 11) is -3.13. The molecule has 0 aliphatic heterocycles. The number of nitrogens with one attached hydrogen (secondary N) is 1. The Morgan fingerprint density at radius 3 is 2.48 bits per heavy atom. The lowest BCUT2D eigenvalue weighted by Crippen LogP contribution is -2.41. The molecule has 2 N–H and O–H groups in total. The second-order valence-electron chi connectivity index (χ2n) is 5.92. The summed E-state index contributed by atoms with van der Waals surface area (Å²) in [6.45, 7) is 4.14. The molecule has 21 heavy (non-hydrogen) atoms. The van der Waals surface area contributed by atoms with E-state index in [2.05, 4.69) is 5.32 Å². The highest BCUT2D eigenvalue weighted by molar-refractivity contribution is 7.92. The van der Waals surface area contributed by atoms with Gasteiger partial charge < -0.3 is 10.4 Å². The fraction of sp³-hybridized carbons (Fsp3) is 0.375. The van der Waals surface area contributed by atoms with Gasteiger partial charge >= 0.3 is 0 Å². The van der Waals surface area contributed by atoms with E-state index in [4.69, 9.17) is 0 Å². The highest BCUT2D eigenvalue weighted by Gasteiger charge is 2.29. The smallest absolute Gasteiger partial charge is 0.153 e. The molecule has 0 atom stereocenters. The standard InChI is InChI=1S/C16H21NO3S/c1-16(2,21(3,19)20)11-17-10-14-13-7-5-4-6-12(13)8-9-15(14)18/h4-9,17-18H,10-11H2,1-3H3. The van der Waals surface area contributed by atoms with Gasteiger partial charge in [0.2, 0.25) is 0 Å². The summed E-state index contributed by atoms with van der Waals surface area (Å²) in [5, 5.41) is 15.2. The summed E-state index contributed by atoms with van der Waals surface area (Å²) >= 11 is 0. The van der Waals surface area contributed by atoms with E-state index in [0.29, 0.717) is 13.1 Å². The quantitative estimate of drug-likeness (QED) is 0.890. The molecule has 0 saturated heterocycles. The van der Waals surface area contributed by atoms with E-state index >= 15 is 0 Å². The molecule has 0 fully saturated rings. The minimum absolute atomic E-state index is 0.221. The van der Waals surface area contributed by atoms with Crippen LogP contribution < -0.4 is 5.32 Å². The fourth-order valence-corrected chi connectivity index (χ4v) is 2.49. The third-order valence-corrected chi connectivity index (χ3v) is 6.02. The molecule has 0 spiro atoms. The van der Waals surface area contributed by atoms with Crippen LogP contribution in [0.2, 0.25) is 0 Å². The van der Waals surface area contributed by atoms with Crippen LogP contribution in [0.4, 0.5) is 0 Å². The summed E-state index contributed by atoms with van der Waals surface area (Å²) in [5.74, 6) is 0.221. The number of hydrogen-bond acceptors (Lipinski definition) is 4. The molecule has 0 unspecified atom stereocenters. The molecule has 2 aromatic carbocycles. The molecule has 0 aliphatic carbocycles. The Bertz CT molecular complexity index is 751. The zero-order valence-corrected chi connectivity index (χ0v) is 13.4. The van der Waals surface area contributed by atoms with Crippen LogP contribution in [0.5, 0.6) is 5.75 Å². The topological polar surface area (TPSA) is 66.4 Å². The maximum atomic E-state index is 11.7. The van der Waals surface area contributed by atoms with Crippen LogP contribution in [-0.2, 0) is 16.4 Å². The number of aromatic hydroxyl groups is 1. The molecule has 0 amide bonds. The molecule has 0 radical (unpaired) electrons. The predicted octanol–water partition coefficient (Wildman–Crippen LogP) is 2.46. The van der Waals surface area contributed by atoms with Gasteiger partial charge in [0, 0.05) is 24.9 Å². The van der Waals surface area contributed by atoms with Crippen molar-refractivity contribution in [3.63, 3.8) is 0 Å². The molecule has 0 aromatic heterocycles. The van der Waals surface area contributed by atoms with Gasteiger partial charge in [0.25, 0.3) is 0 Å². The van der Waals surface area contributed by atoms with Crippen LogP contribution in [0.3, 0.4) is 0 Å². The van der Waals surface area contributed by atoms with Gasteiger partial charge in [-0.1, -0.05) is 30.3 Å². The summed E-state index contributed by atoms with van der Waals surface area (Å²) in [6, 6.07) is 11.3. The molecule has 0 bridgehead atoms. The Labute approximate surface area is 125 Å². The third kappa shape index (κ3) is 3.36. The van der Waals surface area contributed by atoms with Gasteiger partial charge in [0.1, 0.15) is 5.75 Å². The number of hydrogen-bond donors (Lipinski definition) is 2. The number of sulfone groups is 1. The van der Waals surface area contributed by atoms with Gasteiger partial charge in [-0.3, -0.25) is 0 Å². The van der Waals surface area contributed by atoms with E-state index in [1.807, 2.05) is 30.3 Å². The summed E-state index contributed by atoms with van der Waals surface area (Å²) in [4.78, 5) is 0. The SMILES string of the molecule is CC(C)(CNCc1c(O)ccc2ccccc12)S(C)(=O)=O. The van der Waals surface area contributed by atoms with E-state index in [1.165, 1.54) is 6.26 Å². The van der Waals surface area contributed by atoms with Crippen molar-refractivity contribution in [2.24, 2.45) is 0 Å². The number of rotatable bonds is 5. The van der Waals surface area contributed by atoms with Crippen LogP contribution in [0.1, 0.15) is 19.4 Å². The first-order valence-corrected chi connectivity index (χ1v) is 8.71. The average Bonchev–Trinajstić information content (AvgIpc) is 2.40. The molecule has 4 nitrogen and oxygen atoms in total. The molecule has 114 valence electrons. The molecule has 2 aromatic rings. The zero-order valence-electron chi connectivity index (χ0n) is 12.6. The lowest BCUT2D eigenvalue weighted by atomic mass is 10.0. The largest absolute Gasteiger partial charge is 0.508 e. The van der Waals surface area contributed by atoms with Gasteiger partial charge in [-0.15, -0.1) is 0 Å². The zero-order chi connectivity index (χ0) is 15.7. The number of phenolic OH excluding ortho intramolecular Hbond substituents is 1. The number of phenols is 1. The predicted molar refractivity (Wildman–Crippen MR) is 86.2 cm³/mol. The minimum atomic E-state index is -3.13. The lowest BCUT2D eigenvalue weighted by Gasteiger charge is -2.23. The lowest BCUT2D eigenvalue weighted by molar-refractivity contribution is 0.463. The first kappa shape index (κ1) is 15.8. The van der Waals surface area contributed by atoms with Crippen molar-refractivity contribution < 1.29 is 13.5 Å². The average molecular weight is 307 g/mol. The second-order valence-corrected chi connectivity index (χ2v) is 8.57. The highest BCUT2D eigenvalue weighted by Crippen LogP contribution is 2.27. The summed E-state index contributed by atoms with van der Waals surface area (Å²) in [5.41, 5.74) is 0.789. The normalized spacial score (nSPS) is 12.7. The van der Waals surface area contributed by atoms with E-state index < -0.39 is 14.6 Å². The molecule has 0 heterocycles. The number of fused-ring (bicyclic) bond motifs is 1. The molecule has 0 aliphatic rings. The maximum absolute atomic E-state index is 11.7. The van der Waals surface area contributed by atoms with Gasteiger partial charge in [-0.2, -0.15) is 0 Å². The van der Waals surface area contributed by atoms with Crippen molar-refractivity contribution in [2.75, 3.05) is 12.8 Å². The summed E-state index contributed by atoms with van der Waals surface area (Å²) in [6.07, 6.45) is 1.24. The van der Waals surface area contributed by atoms with E-state index in [0.717, 1.165) is 16.3 Å². The van der Waals surface area contributed by atoms with Gasteiger partial charge in [-0.25, -0.2) is 8.42 Å². The minimum Gasteiger partial charge on any atom is -0.508 e. The fourth-order valence-electron chi connectivity index (χ4n) is 2.13. The molecule has 0 saturated carbocycles. The Hall–Kier alpha value is -1.59. The first-order chi connectivity index (χ1) is 9.72. The van der Waals surface area contributed by atoms with Crippen molar-refractivity contribution in [3.8, 4) is 5.75 Å². The molecular weight excluding hydrogens is 286 g/mol. The van der Waals surface area contributed by atoms with Crippen LogP contribution in [0, 0.1) is 0 Å². The Morgan fingerprint density at radius 2 is 1.81 bits per heavy atom. The van der Waals surface area contributed by atoms with Crippen molar-refractivity contribution >= 4 is 20.6 Å². The van der Waals surface area contributed by atoms with E-state index in [1.54, 1.807) is 19.9 Å². The van der Waals surface area contributed by atoms with Gasteiger partial charge in [0.15, 0.2) is 9.84 Å². The maximum Gasteiger partial charge on any atom is 0.153 e. The highest BCUT2D eigenvalue weighted by atomic mass is 32.2. The monoisotopic (exact) mass is 307 g/mol. The Balaban J connectivity index is 2.20. The van der Waals surface area contributed by atoms with Crippen molar-refractivity contribution in [1.29, 1.82) is 0 Å². The third-order valence-electron chi connectivity index (χ3n) is 3.87. The van der Waals surface area contributed by atoms with Crippen molar-refractivity contribution in [1.82, 2.24) is 5.32 Å². The Morgan fingerprint density at radius 1 is 1.14 bits per heavy atom. The van der Waals surface area contributed by atoms with Gasteiger partial charge in [-0.05, 0) is 30.7 Å². The molecular formula is C16H21NO3S. The van der Waals surface area contributed by atoms with Crippen molar-refractivity contribution in [2.45, 2.75) is 25.1 Å². The molecule has 5 heteroatoms. The van der Waals surface area contributed by atoms with E-state index in [9.17, 15) is 13.5 Å². The Kier molecular flexibility index (Phi) is 4.25. The van der Waals surface area contributed by atoms with Crippen LogP contribution in [0.25, 0.3) is 10.8 Å². The van der Waals surface area contributed by atoms with E-state index in [-0.39, 0.29) is 5.75 Å². The van der Waals surface area contributed by atoms with Crippen LogP contribution >= 0.6 is 0 Å².